The SMILES string of the molecule is CC(C)Oc1ccc(C(=O)NC(=S)Nc2ccc(S(=O)(=O)N(C)C)cc2)cc1. The molecule has 2 aromatic carbocycles. The van der Waals surface area contributed by atoms with Crippen LogP contribution in [0.3, 0.4) is 0 Å². The summed E-state index contributed by atoms with van der Waals surface area (Å²) < 4.78 is 30.8. The number of carbonyl (C=O) groups is 1. The fourth-order valence-corrected chi connectivity index (χ4v) is 3.33. The Balaban J connectivity index is 1.97. The smallest absolute Gasteiger partial charge is 0.257 e. The third-order valence-electron chi connectivity index (χ3n) is 3.61. The van der Waals surface area contributed by atoms with E-state index in [1.165, 1.54) is 26.2 Å². The van der Waals surface area contributed by atoms with E-state index in [1.54, 1.807) is 36.4 Å². The fraction of sp³-hybridized carbons (Fsp3) is 0.263. The molecule has 9 heteroatoms. The van der Waals surface area contributed by atoms with Crippen molar-refractivity contribution in [2.45, 2.75) is 24.8 Å². The first-order valence-electron chi connectivity index (χ1n) is 8.51. The van der Waals surface area contributed by atoms with Crippen molar-refractivity contribution in [3.8, 4) is 5.75 Å². The van der Waals surface area contributed by atoms with Crippen molar-refractivity contribution < 1.29 is 17.9 Å². The van der Waals surface area contributed by atoms with Crippen LogP contribution < -0.4 is 15.4 Å². The Morgan fingerprint density at radius 2 is 1.61 bits per heavy atom. The Bertz CT molecular complexity index is 938. The number of ether oxygens (including phenoxy) is 1. The number of hydrogen-bond donors (Lipinski definition) is 2. The minimum Gasteiger partial charge on any atom is -0.491 e. The number of rotatable bonds is 6. The topological polar surface area (TPSA) is 87.7 Å². The Morgan fingerprint density at radius 3 is 2.11 bits per heavy atom. The largest absolute Gasteiger partial charge is 0.491 e. The molecule has 7 nitrogen and oxygen atoms in total. The van der Waals surface area contributed by atoms with Crippen LogP contribution in [-0.2, 0) is 10.0 Å². The Kier molecular flexibility index (Phi) is 7.11. The summed E-state index contributed by atoms with van der Waals surface area (Å²) in [5.41, 5.74) is 0.997. The van der Waals surface area contributed by atoms with Crippen molar-refractivity contribution >= 4 is 38.9 Å². The van der Waals surface area contributed by atoms with Gasteiger partial charge in [-0.2, -0.15) is 0 Å². The molecule has 0 saturated carbocycles. The lowest BCUT2D eigenvalue weighted by molar-refractivity contribution is 0.0977. The highest BCUT2D eigenvalue weighted by atomic mass is 32.2. The van der Waals surface area contributed by atoms with Crippen molar-refractivity contribution in [3.05, 3.63) is 54.1 Å². The van der Waals surface area contributed by atoms with Gasteiger partial charge in [-0.15, -0.1) is 0 Å². The standard InChI is InChI=1S/C19H23N3O4S2/c1-13(2)26-16-9-5-14(6-10-16)18(23)21-19(27)20-15-7-11-17(12-8-15)28(24,25)22(3)4/h5-13H,1-4H3,(H2,20,21,23,27). The highest BCUT2D eigenvalue weighted by Gasteiger charge is 2.16. The molecular formula is C19H23N3O4S2. The molecule has 2 aromatic rings. The zero-order valence-electron chi connectivity index (χ0n) is 16.1. The number of carbonyl (C=O) groups excluding carboxylic acids is 1. The molecule has 0 unspecified atom stereocenters. The number of sulfonamides is 1. The molecule has 0 aliphatic rings. The zero-order chi connectivity index (χ0) is 20.9. The van der Waals surface area contributed by atoms with E-state index in [2.05, 4.69) is 10.6 Å². The maximum absolute atomic E-state index is 12.3. The summed E-state index contributed by atoms with van der Waals surface area (Å²) >= 11 is 5.15. The zero-order valence-corrected chi connectivity index (χ0v) is 17.7. The van der Waals surface area contributed by atoms with Crippen LogP contribution in [0.1, 0.15) is 24.2 Å². The third kappa shape index (κ3) is 5.75. The van der Waals surface area contributed by atoms with E-state index >= 15 is 0 Å². The summed E-state index contributed by atoms with van der Waals surface area (Å²) in [5, 5.41) is 5.54. The molecule has 0 radical (unpaired) electrons. The second-order valence-corrected chi connectivity index (χ2v) is 8.97. The molecule has 1 amide bonds. The van der Waals surface area contributed by atoms with Gasteiger partial charge in [0.05, 0.1) is 11.0 Å². The lowest BCUT2D eigenvalue weighted by Gasteiger charge is -2.13. The van der Waals surface area contributed by atoms with Crippen LogP contribution in [0.5, 0.6) is 5.75 Å². The van der Waals surface area contributed by atoms with Crippen molar-refractivity contribution in [1.29, 1.82) is 0 Å². The first-order chi connectivity index (χ1) is 13.1. The summed E-state index contributed by atoms with van der Waals surface area (Å²) in [5.74, 6) is 0.320. The number of anilines is 1. The monoisotopic (exact) mass is 421 g/mol. The van der Waals surface area contributed by atoms with Gasteiger partial charge in [-0.3, -0.25) is 10.1 Å². The van der Waals surface area contributed by atoms with Gasteiger partial charge in [0.1, 0.15) is 5.75 Å². The highest BCUT2D eigenvalue weighted by Crippen LogP contribution is 2.17. The van der Waals surface area contributed by atoms with E-state index in [4.69, 9.17) is 17.0 Å². The predicted octanol–water partition coefficient (Wildman–Crippen LogP) is 2.85. The summed E-state index contributed by atoms with van der Waals surface area (Å²) in [6, 6.07) is 12.8. The average Bonchev–Trinajstić information content (AvgIpc) is 2.62. The van der Waals surface area contributed by atoms with Crippen molar-refractivity contribution in [3.63, 3.8) is 0 Å². The highest BCUT2D eigenvalue weighted by molar-refractivity contribution is 7.89. The van der Waals surface area contributed by atoms with Gasteiger partial charge in [0, 0.05) is 25.3 Å². The maximum atomic E-state index is 12.3. The van der Waals surface area contributed by atoms with Gasteiger partial charge in [-0.25, -0.2) is 12.7 Å². The molecule has 2 N–H and O–H groups in total. The number of nitrogens with zero attached hydrogens (tertiary/aromatic N) is 1. The van der Waals surface area contributed by atoms with Crippen LogP contribution in [0.25, 0.3) is 0 Å². The molecule has 2 rings (SSSR count). The van der Waals surface area contributed by atoms with Gasteiger partial charge in [0.2, 0.25) is 10.0 Å². The lowest BCUT2D eigenvalue weighted by Crippen LogP contribution is -2.34. The molecule has 0 heterocycles. The van der Waals surface area contributed by atoms with Crippen LogP contribution in [0, 0.1) is 0 Å². The Morgan fingerprint density at radius 1 is 1.04 bits per heavy atom. The van der Waals surface area contributed by atoms with Crippen LogP contribution in [0.15, 0.2) is 53.4 Å². The molecule has 0 saturated heterocycles. The first-order valence-corrected chi connectivity index (χ1v) is 10.4. The van der Waals surface area contributed by atoms with E-state index in [0.29, 0.717) is 17.0 Å². The first kappa shape index (κ1) is 21.8. The predicted molar refractivity (Wildman–Crippen MR) is 113 cm³/mol. The Hall–Kier alpha value is -2.49. The van der Waals surface area contributed by atoms with Crippen LogP contribution in [0.2, 0.25) is 0 Å². The minimum absolute atomic E-state index is 0.0514. The summed E-state index contributed by atoms with van der Waals surface area (Å²) in [4.78, 5) is 12.4. The molecule has 0 aliphatic carbocycles. The van der Waals surface area contributed by atoms with E-state index in [9.17, 15) is 13.2 Å². The second-order valence-electron chi connectivity index (χ2n) is 6.41. The summed E-state index contributed by atoms with van der Waals surface area (Å²) in [6.45, 7) is 3.85. The third-order valence-corrected chi connectivity index (χ3v) is 5.64. The normalized spacial score (nSPS) is 11.4. The second kappa shape index (κ2) is 9.13. The molecule has 0 bridgehead atoms. The van der Waals surface area contributed by atoms with Crippen LogP contribution in [0.4, 0.5) is 5.69 Å². The molecule has 0 atom stereocenters. The lowest BCUT2D eigenvalue weighted by atomic mass is 10.2. The van der Waals surface area contributed by atoms with Crippen molar-refractivity contribution in [2.75, 3.05) is 19.4 Å². The quantitative estimate of drug-likeness (QED) is 0.698. The molecule has 0 spiro atoms. The van der Waals surface area contributed by atoms with Crippen LogP contribution >= 0.6 is 12.2 Å². The van der Waals surface area contributed by atoms with Gasteiger partial charge in [-0.05, 0) is 74.6 Å². The molecule has 150 valence electrons. The van der Waals surface area contributed by atoms with Gasteiger partial charge in [-0.1, -0.05) is 0 Å². The number of amides is 1. The van der Waals surface area contributed by atoms with Gasteiger partial charge >= 0.3 is 0 Å². The molecule has 0 fully saturated rings. The maximum Gasteiger partial charge on any atom is 0.257 e. The molecule has 28 heavy (non-hydrogen) atoms. The number of thiocarbonyl (C=S) groups is 1. The Labute approximate surface area is 170 Å². The van der Waals surface area contributed by atoms with Crippen LogP contribution in [-0.4, -0.2) is 43.9 Å². The van der Waals surface area contributed by atoms with Crippen molar-refractivity contribution in [1.82, 2.24) is 9.62 Å². The number of benzene rings is 2. The number of nitrogens with one attached hydrogen (secondary N) is 2. The molecule has 0 aromatic heterocycles. The minimum atomic E-state index is -3.50. The van der Waals surface area contributed by atoms with Gasteiger partial charge in [0.25, 0.3) is 5.91 Å². The molecule has 0 aliphatic heterocycles. The van der Waals surface area contributed by atoms with E-state index < -0.39 is 10.0 Å². The molecular weight excluding hydrogens is 398 g/mol. The van der Waals surface area contributed by atoms with E-state index in [-0.39, 0.29) is 22.0 Å². The fourth-order valence-electron chi connectivity index (χ4n) is 2.22. The number of hydrogen-bond acceptors (Lipinski definition) is 5. The summed E-state index contributed by atoms with van der Waals surface area (Å²) in [7, 11) is -0.564. The van der Waals surface area contributed by atoms with Gasteiger partial charge in [0.15, 0.2) is 5.11 Å². The van der Waals surface area contributed by atoms with Crippen molar-refractivity contribution in [2.24, 2.45) is 0 Å². The van der Waals surface area contributed by atoms with Gasteiger partial charge < -0.3 is 10.1 Å². The van der Waals surface area contributed by atoms with E-state index in [1.807, 2.05) is 13.8 Å². The average molecular weight is 422 g/mol. The van der Waals surface area contributed by atoms with E-state index in [0.717, 1.165) is 4.31 Å². The summed E-state index contributed by atoms with van der Waals surface area (Å²) in [6.07, 6.45) is 0.0514.